The molecule has 10 heteroatoms. The molecule has 1 aliphatic heterocycles. The van der Waals surface area contributed by atoms with Crippen molar-refractivity contribution < 1.29 is 26.7 Å². The van der Waals surface area contributed by atoms with E-state index in [1.807, 2.05) is 9.47 Å². The summed E-state index contributed by atoms with van der Waals surface area (Å²) in [6.45, 7) is 2.96. The van der Waals surface area contributed by atoms with Gasteiger partial charge in [0.25, 0.3) is 0 Å². The van der Waals surface area contributed by atoms with Crippen LogP contribution in [0.3, 0.4) is 0 Å². The van der Waals surface area contributed by atoms with Gasteiger partial charge in [-0.05, 0) is 25.0 Å². The van der Waals surface area contributed by atoms with Crippen LogP contribution in [0.15, 0.2) is 23.1 Å². The zero-order valence-electron chi connectivity index (χ0n) is 14.3. The fourth-order valence-corrected chi connectivity index (χ4v) is 3.31. The summed E-state index contributed by atoms with van der Waals surface area (Å²) in [6, 6.07) is 3.08. The van der Waals surface area contributed by atoms with Gasteiger partial charge in [0.15, 0.2) is 0 Å². The molecule has 0 amide bonds. The monoisotopic (exact) mass is 611 g/mol. The number of pyridine rings is 1. The first-order chi connectivity index (χ1) is 11.6. The van der Waals surface area contributed by atoms with Crippen molar-refractivity contribution in [3.8, 4) is 0 Å². The van der Waals surface area contributed by atoms with Crippen molar-refractivity contribution in [1.82, 2.24) is 9.88 Å². The van der Waals surface area contributed by atoms with Crippen LogP contribution in [0, 0.1) is 5.82 Å². The standard InChI is InChI=1S/C17H18FN3O3.Bi.2ClH/c18-13-7-11-14(8-15(13)20-5-3-19-4-6-20)21(10-1-2-10)9-12(16(11)22)17(23)24;;;/h7-10,19H,1-6H2,(H,23,24);;2*1H/p-1. The Morgan fingerprint density at radius 2 is 1.85 bits per heavy atom. The first-order valence-corrected chi connectivity index (χ1v) is 8.13. The molecule has 1 aliphatic carbocycles. The van der Waals surface area contributed by atoms with Crippen molar-refractivity contribution in [2.24, 2.45) is 0 Å². The average molecular weight is 612 g/mol. The number of rotatable bonds is 3. The molecule has 0 unspecified atom stereocenters. The first kappa shape index (κ1) is 24.1. The Bertz CT molecular complexity index is 899. The Hall–Kier alpha value is -0.947. The normalized spacial score (nSPS) is 16.1. The molecule has 3 radical (unpaired) electrons. The molecule has 0 bridgehead atoms. The molecule has 2 N–H and O–H groups in total. The number of aromatic carboxylic acids is 1. The number of carboxylic acids is 1. The zero-order valence-corrected chi connectivity index (χ0v) is 19.4. The molecular formula is C17H19BiCl2FN3O3-. The maximum absolute atomic E-state index is 14.6. The zero-order chi connectivity index (χ0) is 16.8. The molecular weight excluding hydrogens is 593 g/mol. The smallest absolute Gasteiger partial charge is 0.341 e. The van der Waals surface area contributed by atoms with E-state index in [9.17, 15) is 19.1 Å². The van der Waals surface area contributed by atoms with Gasteiger partial charge in [0.1, 0.15) is 11.4 Å². The summed E-state index contributed by atoms with van der Waals surface area (Å²) >= 11 is 0. The van der Waals surface area contributed by atoms with E-state index in [4.69, 9.17) is 0 Å². The molecule has 2 fully saturated rings. The fourth-order valence-electron chi connectivity index (χ4n) is 3.31. The average Bonchev–Trinajstić information content (AvgIpc) is 3.40. The Morgan fingerprint density at radius 3 is 2.41 bits per heavy atom. The topological polar surface area (TPSA) is 74.6 Å². The minimum Gasteiger partial charge on any atom is -1.00 e. The maximum Gasteiger partial charge on any atom is 0.341 e. The number of benzene rings is 1. The van der Waals surface area contributed by atoms with Crippen LogP contribution in [-0.4, -0.2) is 68.0 Å². The van der Waals surface area contributed by atoms with E-state index in [0.717, 1.165) is 25.9 Å². The summed E-state index contributed by atoms with van der Waals surface area (Å²) in [5.41, 5.74) is 0.159. The van der Waals surface area contributed by atoms with E-state index in [1.54, 1.807) is 6.07 Å². The van der Waals surface area contributed by atoms with Crippen LogP contribution >= 0.6 is 12.4 Å². The van der Waals surface area contributed by atoms with Gasteiger partial charge >= 0.3 is 5.97 Å². The minimum atomic E-state index is -1.28. The molecule has 2 aromatic rings. The second-order valence-electron chi connectivity index (χ2n) is 6.37. The van der Waals surface area contributed by atoms with E-state index in [0.29, 0.717) is 24.3 Å². The summed E-state index contributed by atoms with van der Waals surface area (Å²) in [4.78, 5) is 25.7. The van der Waals surface area contributed by atoms with Crippen LogP contribution in [0.4, 0.5) is 10.1 Å². The Balaban J connectivity index is 0.00000121. The van der Waals surface area contributed by atoms with Crippen molar-refractivity contribution in [3.63, 3.8) is 0 Å². The van der Waals surface area contributed by atoms with E-state index < -0.39 is 17.2 Å². The van der Waals surface area contributed by atoms with Gasteiger partial charge in [0.2, 0.25) is 5.43 Å². The Labute approximate surface area is 187 Å². The third-order valence-electron chi connectivity index (χ3n) is 4.73. The third kappa shape index (κ3) is 4.56. The van der Waals surface area contributed by atoms with Gasteiger partial charge in [-0.3, -0.25) is 4.79 Å². The number of hydrogen-bond acceptors (Lipinski definition) is 4. The second kappa shape index (κ2) is 9.50. The van der Waals surface area contributed by atoms with Crippen LogP contribution in [0.5, 0.6) is 0 Å². The summed E-state index contributed by atoms with van der Waals surface area (Å²) in [5, 5.41) is 12.6. The third-order valence-corrected chi connectivity index (χ3v) is 4.73. The van der Waals surface area contributed by atoms with Gasteiger partial charge in [-0.1, -0.05) is 0 Å². The number of piperazine rings is 1. The number of anilines is 1. The number of halogens is 3. The van der Waals surface area contributed by atoms with E-state index in [2.05, 4.69) is 5.32 Å². The van der Waals surface area contributed by atoms with Gasteiger partial charge in [-0.25, -0.2) is 9.18 Å². The maximum atomic E-state index is 14.6. The number of carboxylic acid groups (broad SMARTS) is 1. The predicted molar refractivity (Wildman–Crippen MR) is 101 cm³/mol. The van der Waals surface area contributed by atoms with Crippen molar-refractivity contribution in [2.45, 2.75) is 18.9 Å². The largest absolute Gasteiger partial charge is 1.00 e. The van der Waals surface area contributed by atoms with Crippen LogP contribution < -0.4 is 28.1 Å². The predicted octanol–water partition coefficient (Wildman–Crippen LogP) is -1.37. The van der Waals surface area contributed by atoms with Gasteiger partial charge in [0.05, 0.1) is 11.2 Å². The van der Waals surface area contributed by atoms with Crippen molar-refractivity contribution in [1.29, 1.82) is 0 Å². The molecule has 1 saturated heterocycles. The molecule has 2 aliphatic rings. The Kier molecular flexibility index (Phi) is 8.48. The summed E-state index contributed by atoms with van der Waals surface area (Å²) in [6.07, 6.45) is 3.29. The van der Waals surface area contributed by atoms with Crippen molar-refractivity contribution >= 4 is 61.2 Å². The van der Waals surface area contributed by atoms with Gasteiger partial charge in [0, 0.05) is 70.0 Å². The number of fused-ring (bicyclic) bond motifs is 1. The number of aromatic nitrogens is 1. The van der Waals surface area contributed by atoms with Gasteiger partial charge in [-0.15, -0.1) is 12.4 Å². The van der Waals surface area contributed by atoms with E-state index in [-0.39, 0.29) is 68.0 Å². The number of hydrogen-bond donors (Lipinski definition) is 2. The number of nitrogens with one attached hydrogen (secondary N) is 1. The van der Waals surface area contributed by atoms with Gasteiger partial charge < -0.3 is 32.3 Å². The van der Waals surface area contributed by atoms with Crippen molar-refractivity contribution in [3.05, 3.63) is 39.9 Å². The molecule has 2 heterocycles. The quantitative estimate of drug-likeness (QED) is 0.419. The van der Waals surface area contributed by atoms with E-state index >= 15 is 0 Å². The molecule has 147 valence electrons. The van der Waals surface area contributed by atoms with Crippen LogP contribution in [0.1, 0.15) is 29.2 Å². The molecule has 1 saturated carbocycles. The summed E-state index contributed by atoms with van der Waals surface area (Å²) in [7, 11) is 0. The molecule has 6 nitrogen and oxygen atoms in total. The molecule has 0 spiro atoms. The molecule has 27 heavy (non-hydrogen) atoms. The second-order valence-corrected chi connectivity index (χ2v) is 6.37. The van der Waals surface area contributed by atoms with Gasteiger partial charge in [-0.2, -0.15) is 0 Å². The molecule has 4 rings (SSSR count). The Morgan fingerprint density at radius 1 is 1.22 bits per heavy atom. The van der Waals surface area contributed by atoms with Crippen LogP contribution in [0.2, 0.25) is 0 Å². The molecule has 1 aromatic heterocycles. The molecule has 1 aromatic carbocycles. The van der Waals surface area contributed by atoms with Crippen LogP contribution in [-0.2, 0) is 0 Å². The SMILES string of the molecule is Cl.O=C(O)c1cn(C2CC2)c2cc(N3CCNCC3)c(F)cc2c1=O.[Bi].[Cl-]. The first-order valence-electron chi connectivity index (χ1n) is 8.13. The summed E-state index contributed by atoms with van der Waals surface area (Å²) in [5.74, 6) is -1.76. The molecule has 0 atom stereocenters. The van der Waals surface area contributed by atoms with Crippen molar-refractivity contribution in [2.75, 3.05) is 31.1 Å². The number of nitrogens with zero attached hydrogens (tertiary/aromatic N) is 2. The fraction of sp³-hybridized carbons (Fsp3) is 0.412. The summed E-state index contributed by atoms with van der Waals surface area (Å²) < 4.78 is 16.4. The van der Waals surface area contributed by atoms with E-state index in [1.165, 1.54) is 12.3 Å². The number of carbonyl (C=O) groups is 1. The van der Waals surface area contributed by atoms with Crippen LogP contribution in [0.25, 0.3) is 10.9 Å². The minimum absolute atomic E-state index is 0.